The average molecular weight is 453 g/mol. The number of carbonyl (C=O) groups is 2. The fourth-order valence-electron chi connectivity index (χ4n) is 3.01. The molecule has 3 aromatic carbocycles. The predicted octanol–water partition coefficient (Wildman–Crippen LogP) is 5.57. The Labute approximate surface area is 189 Å². The molecule has 0 aliphatic rings. The van der Waals surface area contributed by atoms with Crippen LogP contribution in [0.15, 0.2) is 91.0 Å². The minimum Gasteiger partial charge on any atom is -0.351 e. The van der Waals surface area contributed by atoms with Crippen molar-refractivity contribution >= 4 is 29.4 Å². The van der Waals surface area contributed by atoms with Gasteiger partial charge in [-0.05, 0) is 42.0 Å². The van der Waals surface area contributed by atoms with E-state index in [9.17, 15) is 22.8 Å². The van der Waals surface area contributed by atoms with Crippen molar-refractivity contribution in [1.82, 2.24) is 5.32 Å². The number of urea groups is 1. The molecule has 0 radical (unpaired) electrons. The first-order valence-corrected chi connectivity index (χ1v) is 10.1. The zero-order chi connectivity index (χ0) is 23.7. The van der Waals surface area contributed by atoms with Gasteiger partial charge < -0.3 is 10.6 Å². The second kappa shape index (κ2) is 11.0. The lowest BCUT2D eigenvalue weighted by atomic mass is 10.2. The number of halogens is 3. The monoisotopic (exact) mass is 453 g/mol. The first-order chi connectivity index (χ1) is 15.8. The van der Waals surface area contributed by atoms with Crippen molar-refractivity contribution in [2.45, 2.75) is 6.18 Å². The van der Waals surface area contributed by atoms with E-state index in [0.717, 1.165) is 17.7 Å². The molecule has 0 aromatic heterocycles. The molecule has 0 aliphatic heterocycles. The van der Waals surface area contributed by atoms with E-state index in [1.54, 1.807) is 36.4 Å². The van der Waals surface area contributed by atoms with Crippen molar-refractivity contribution < 1.29 is 22.8 Å². The Hall–Kier alpha value is -4.07. The third kappa shape index (κ3) is 7.24. The number of hydrogen-bond acceptors (Lipinski definition) is 2. The number of benzene rings is 3. The van der Waals surface area contributed by atoms with Crippen molar-refractivity contribution in [2.75, 3.05) is 23.3 Å². The van der Waals surface area contributed by atoms with Crippen LogP contribution in [0.4, 0.5) is 29.3 Å². The van der Waals surface area contributed by atoms with Crippen molar-refractivity contribution in [1.29, 1.82) is 0 Å². The first kappa shape index (κ1) is 23.6. The lowest BCUT2D eigenvalue weighted by Gasteiger charge is -2.23. The highest BCUT2D eigenvalue weighted by Crippen LogP contribution is 2.30. The maximum absolute atomic E-state index is 13.0. The largest absolute Gasteiger partial charge is 0.416 e. The van der Waals surface area contributed by atoms with Crippen LogP contribution >= 0.6 is 0 Å². The van der Waals surface area contributed by atoms with E-state index < -0.39 is 17.8 Å². The van der Waals surface area contributed by atoms with Crippen LogP contribution in [0, 0.1) is 0 Å². The van der Waals surface area contributed by atoms with Gasteiger partial charge in [0.2, 0.25) is 5.91 Å². The predicted molar refractivity (Wildman–Crippen MR) is 123 cm³/mol. The molecule has 0 fully saturated rings. The molecule has 0 spiro atoms. The highest BCUT2D eigenvalue weighted by Gasteiger charge is 2.30. The third-order valence-electron chi connectivity index (χ3n) is 4.62. The smallest absolute Gasteiger partial charge is 0.351 e. The molecule has 0 saturated heterocycles. The maximum Gasteiger partial charge on any atom is 0.416 e. The van der Waals surface area contributed by atoms with Gasteiger partial charge in [-0.2, -0.15) is 13.2 Å². The molecule has 33 heavy (non-hydrogen) atoms. The van der Waals surface area contributed by atoms with Crippen LogP contribution in [0.3, 0.4) is 0 Å². The lowest BCUT2D eigenvalue weighted by Crippen LogP contribution is -2.40. The Balaban J connectivity index is 1.65. The van der Waals surface area contributed by atoms with Gasteiger partial charge in [-0.15, -0.1) is 0 Å². The number of alkyl halides is 3. The Morgan fingerprint density at radius 2 is 1.55 bits per heavy atom. The molecule has 2 N–H and O–H groups in total. The summed E-state index contributed by atoms with van der Waals surface area (Å²) in [6, 6.07) is 21.8. The van der Waals surface area contributed by atoms with Crippen molar-refractivity contribution in [3.05, 3.63) is 102 Å². The fourth-order valence-corrected chi connectivity index (χ4v) is 3.01. The second-order valence-corrected chi connectivity index (χ2v) is 7.03. The second-order valence-electron chi connectivity index (χ2n) is 7.03. The van der Waals surface area contributed by atoms with E-state index in [0.29, 0.717) is 5.69 Å². The quantitative estimate of drug-likeness (QED) is 0.459. The normalized spacial score (nSPS) is 11.2. The minimum atomic E-state index is -4.52. The molecule has 0 aliphatic carbocycles. The summed E-state index contributed by atoms with van der Waals surface area (Å²) in [4.78, 5) is 26.3. The third-order valence-corrected chi connectivity index (χ3v) is 4.62. The highest BCUT2D eigenvalue weighted by atomic mass is 19.4. The number of rotatable bonds is 7. The topological polar surface area (TPSA) is 61.4 Å². The number of carbonyl (C=O) groups excluding carboxylic acids is 2. The number of nitrogens with one attached hydrogen (secondary N) is 2. The number of hydrogen-bond donors (Lipinski definition) is 2. The molecule has 0 unspecified atom stereocenters. The lowest BCUT2D eigenvalue weighted by molar-refractivity contribution is -0.137. The zero-order valence-electron chi connectivity index (χ0n) is 17.5. The molecule has 0 bridgehead atoms. The summed E-state index contributed by atoms with van der Waals surface area (Å²) in [5.41, 5.74) is 0.574. The Kier molecular flexibility index (Phi) is 7.86. The van der Waals surface area contributed by atoms with Crippen molar-refractivity contribution in [2.24, 2.45) is 0 Å². The fraction of sp³-hybridized carbons (Fsp3) is 0.120. The van der Waals surface area contributed by atoms with Gasteiger partial charge in [0.25, 0.3) is 0 Å². The molecular weight excluding hydrogens is 431 g/mol. The van der Waals surface area contributed by atoms with E-state index in [-0.39, 0.29) is 24.7 Å². The Bertz CT molecular complexity index is 1100. The SMILES string of the molecule is O=C(C=Cc1ccccc1)NCCN(C(=O)Nc1cccc(C(F)(F)F)c1)c1ccccc1. The van der Waals surface area contributed by atoms with Gasteiger partial charge in [0, 0.05) is 30.5 Å². The van der Waals surface area contributed by atoms with E-state index in [2.05, 4.69) is 10.6 Å². The highest BCUT2D eigenvalue weighted by molar-refractivity contribution is 6.02. The van der Waals surface area contributed by atoms with E-state index in [1.165, 1.54) is 23.1 Å². The summed E-state index contributed by atoms with van der Waals surface area (Å²) in [5.74, 6) is -0.329. The van der Waals surface area contributed by atoms with Crippen molar-refractivity contribution in [3.63, 3.8) is 0 Å². The Morgan fingerprint density at radius 1 is 0.879 bits per heavy atom. The van der Waals surface area contributed by atoms with Gasteiger partial charge in [-0.3, -0.25) is 9.69 Å². The number of para-hydroxylation sites is 1. The standard InChI is InChI=1S/C25H22F3N3O2/c26-25(27,28)20-10-7-11-21(18-20)30-24(33)31(22-12-5-2-6-13-22)17-16-29-23(32)15-14-19-8-3-1-4-9-19/h1-15,18H,16-17H2,(H,29,32)(H,30,33). The molecule has 8 heteroatoms. The summed E-state index contributed by atoms with van der Waals surface area (Å²) in [6.07, 6.45) is -1.45. The summed E-state index contributed by atoms with van der Waals surface area (Å²) in [6.45, 7) is 0.253. The molecule has 3 rings (SSSR count). The van der Waals surface area contributed by atoms with Crippen LogP contribution in [0.1, 0.15) is 11.1 Å². The number of amides is 3. The molecule has 0 heterocycles. The zero-order valence-corrected chi connectivity index (χ0v) is 17.5. The van der Waals surface area contributed by atoms with Gasteiger partial charge in [0.05, 0.1) is 5.56 Å². The maximum atomic E-state index is 13.0. The molecule has 3 amide bonds. The van der Waals surface area contributed by atoms with Crippen LogP contribution in [0.5, 0.6) is 0 Å². The molecular formula is C25H22F3N3O2. The molecule has 0 saturated carbocycles. The van der Waals surface area contributed by atoms with Crippen LogP contribution in [0.2, 0.25) is 0 Å². The molecule has 0 atom stereocenters. The van der Waals surface area contributed by atoms with Gasteiger partial charge in [0.15, 0.2) is 0 Å². The summed E-state index contributed by atoms with van der Waals surface area (Å²) in [7, 11) is 0. The summed E-state index contributed by atoms with van der Waals surface area (Å²) >= 11 is 0. The minimum absolute atomic E-state index is 0.0191. The summed E-state index contributed by atoms with van der Waals surface area (Å²) in [5, 5.41) is 5.20. The number of anilines is 2. The van der Waals surface area contributed by atoms with Crippen LogP contribution in [0.25, 0.3) is 6.08 Å². The average Bonchev–Trinajstić information content (AvgIpc) is 2.81. The molecule has 3 aromatic rings. The van der Waals surface area contributed by atoms with E-state index in [4.69, 9.17) is 0 Å². The van der Waals surface area contributed by atoms with Gasteiger partial charge >= 0.3 is 12.2 Å². The molecule has 5 nitrogen and oxygen atoms in total. The van der Waals surface area contributed by atoms with Crippen LogP contribution in [-0.4, -0.2) is 25.0 Å². The van der Waals surface area contributed by atoms with E-state index >= 15 is 0 Å². The van der Waals surface area contributed by atoms with Gasteiger partial charge in [-0.25, -0.2) is 4.79 Å². The van der Waals surface area contributed by atoms with Gasteiger partial charge in [0.1, 0.15) is 0 Å². The summed E-state index contributed by atoms with van der Waals surface area (Å²) < 4.78 is 38.9. The molecule has 170 valence electrons. The Morgan fingerprint density at radius 3 is 2.21 bits per heavy atom. The number of nitrogens with zero attached hydrogens (tertiary/aromatic N) is 1. The van der Waals surface area contributed by atoms with E-state index in [1.807, 2.05) is 30.3 Å². The van der Waals surface area contributed by atoms with Crippen LogP contribution < -0.4 is 15.5 Å². The van der Waals surface area contributed by atoms with Gasteiger partial charge in [-0.1, -0.05) is 54.6 Å². The van der Waals surface area contributed by atoms with Crippen molar-refractivity contribution in [3.8, 4) is 0 Å². The van der Waals surface area contributed by atoms with Crippen LogP contribution in [-0.2, 0) is 11.0 Å². The first-order valence-electron chi connectivity index (χ1n) is 10.1.